The lowest BCUT2D eigenvalue weighted by Crippen LogP contribution is -2.24. The van der Waals surface area contributed by atoms with E-state index in [9.17, 15) is 8.42 Å². The number of aromatic nitrogens is 3. The summed E-state index contributed by atoms with van der Waals surface area (Å²) in [7, 11) is -3.70. The predicted octanol–water partition coefficient (Wildman–Crippen LogP) is 0.267. The minimum absolute atomic E-state index is 0.0454. The van der Waals surface area contributed by atoms with Gasteiger partial charge in [0.05, 0.1) is 36.8 Å². The van der Waals surface area contributed by atoms with E-state index in [1.165, 1.54) is 4.68 Å². The summed E-state index contributed by atoms with van der Waals surface area (Å²) < 4.78 is 33.6. The van der Waals surface area contributed by atoms with Crippen molar-refractivity contribution in [3.05, 3.63) is 28.9 Å². The summed E-state index contributed by atoms with van der Waals surface area (Å²) in [6.45, 7) is 5.21. The fourth-order valence-corrected chi connectivity index (χ4v) is 3.53. The zero-order valence-corrected chi connectivity index (χ0v) is 12.9. The molecule has 0 saturated carbocycles. The Hall–Kier alpha value is -1.71. The predicted molar refractivity (Wildman–Crippen MR) is 74.1 cm³/mol. The molecule has 0 radical (unpaired) electrons. The smallest absolute Gasteiger partial charge is 0.244 e. The molecule has 0 bridgehead atoms. The lowest BCUT2D eigenvalue weighted by Gasteiger charge is -2.06. The van der Waals surface area contributed by atoms with Gasteiger partial charge < -0.3 is 9.63 Å². The van der Waals surface area contributed by atoms with E-state index in [2.05, 4.69) is 15.0 Å². The van der Waals surface area contributed by atoms with Gasteiger partial charge in [0, 0.05) is 6.07 Å². The second-order valence-corrected chi connectivity index (χ2v) is 6.40. The van der Waals surface area contributed by atoms with Crippen LogP contribution in [0.5, 0.6) is 0 Å². The van der Waals surface area contributed by atoms with Crippen LogP contribution in [0.25, 0.3) is 0 Å². The molecule has 0 saturated heterocycles. The molecule has 0 atom stereocenters. The van der Waals surface area contributed by atoms with Crippen molar-refractivity contribution in [2.75, 3.05) is 6.61 Å². The number of aryl methyl sites for hydroxylation is 2. The molecule has 0 fully saturated rings. The van der Waals surface area contributed by atoms with Crippen molar-refractivity contribution in [2.45, 2.75) is 38.8 Å². The molecule has 0 unspecified atom stereocenters. The van der Waals surface area contributed by atoms with Gasteiger partial charge in [-0.05, 0) is 20.8 Å². The summed E-state index contributed by atoms with van der Waals surface area (Å²) in [5, 5.41) is 16.8. The molecule has 0 spiro atoms. The monoisotopic (exact) mass is 314 g/mol. The van der Waals surface area contributed by atoms with Crippen LogP contribution in [0.4, 0.5) is 0 Å². The quantitative estimate of drug-likeness (QED) is 0.791. The van der Waals surface area contributed by atoms with Gasteiger partial charge in [-0.3, -0.25) is 4.68 Å². The van der Waals surface area contributed by atoms with E-state index < -0.39 is 10.0 Å². The third-order valence-corrected chi connectivity index (χ3v) is 4.67. The second-order valence-electron chi connectivity index (χ2n) is 4.70. The molecule has 2 heterocycles. The summed E-state index contributed by atoms with van der Waals surface area (Å²) in [5.41, 5.74) is 1.39. The Kier molecular flexibility index (Phi) is 4.45. The van der Waals surface area contributed by atoms with E-state index in [1.54, 1.807) is 26.8 Å². The highest BCUT2D eigenvalue weighted by Crippen LogP contribution is 2.19. The van der Waals surface area contributed by atoms with Gasteiger partial charge in [0.2, 0.25) is 10.0 Å². The largest absolute Gasteiger partial charge is 0.394 e. The first-order valence-electron chi connectivity index (χ1n) is 6.42. The Balaban J connectivity index is 2.23. The Morgan fingerprint density at radius 1 is 1.38 bits per heavy atom. The van der Waals surface area contributed by atoms with Crippen molar-refractivity contribution >= 4 is 10.0 Å². The van der Waals surface area contributed by atoms with Gasteiger partial charge in [0.25, 0.3) is 0 Å². The Bertz CT molecular complexity index is 733. The third kappa shape index (κ3) is 3.31. The number of hydrogen-bond acceptors (Lipinski definition) is 6. The fourth-order valence-electron chi connectivity index (χ4n) is 2.12. The molecule has 8 nitrogen and oxygen atoms in total. The zero-order chi connectivity index (χ0) is 15.6. The van der Waals surface area contributed by atoms with Gasteiger partial charge in [-0.2, -0.15) is 5.10 Å². The summed E-state index contributed by atoms with van der Waals surface area (Å²) in [5.74, 6) is 0.618. The molecule has 9 heteroatoms. The van der Waals surface area contributed by atoms with E-state index in [0.29, 0.717) is 22.8 Å². The van der Waals surface area contributed by atoms with Crippen molar-refractivity contribution < 1.29 is 18.0 Å². The van der Waals surface area contributed by atoms with Crippen molar-refractivity contribution in [3.8, 4) is 0 Å². The SMILES string of the molecule is Cc1cc(CNS(=O)(=O)c2c(C)nn(CCO)c2C)no1. The summed E-state index contributed by atoms with van der Waals surface area (Å²) in [6, 6.07) is 1.66. The first kappa shape index (κ1) is 15.7. The van der Waals surface area contributed by atoms with Crippen LogP contribution < -0.4 is 4.72 Å². The van der Waals surface area contributed by atoms with Gasteiger partial charge in [-0.1, -0.05) is 5.16 Å². The van der Waals surface area contributed by atoms with Crippen LogP contribution in [0.15, 0.2) is 15.5 Å². The average Bonchev–Trinajstić information content (AvgIpc) is 2.93. The minimum Gasteiger partial charge on any atom is -0.394 e. The number of aliphatic hydroxyl groups excluding tert-OH is 1. The molecule has 21 heavy (non-hydrogen) atoms. The maximum atomic E-state index is 12.4. The van der Waals surface area contributed by atoms with E-state index in [1.807, 2.05) is 0 Å². The number of nitrogens with zero attached hydrogens (tertiary/aromatic N) is 3. The highest BCUT2D eigenvalue weighted by molar-refractivity contribution is 7.89. The Morgan fingerprint density at radius 2 is 2.10 bits per heavy atom. The fraction of sp³-hybridized carbons (Fsp3) is 0.500. The third-order valence-electron chi connectivity index (χ3n) is 3.02. The summed E-state index contributed by atoms with van der Waals surface area (Å²) in [6.07, 6.45) is 0. The topological polar surface area (TPSA) is 110 Å². The Labute approximate surface area is 122 Å². The number of hydrogen-bond donors (Lipinski definition) is 2. The zero-order valence-electron chi connectivity index (χ0n) is 12.1. The summed E-state index contributed by atoms with van der Waals surface area (Å²) in [4.78, 5) is 0.135. The van der Waals surface area contributed by atoms with Gasteiger partial charge in [0.1, 0.15) is 10.7 Å². The first-order chi connectivity index (χ1) is 9.85. The van der Waals surface area contributed by atoms with Crippen LogP contribution in [0, 0.1) is 20.8 Å². The molecule has 0 aromatic carbocycles. The molecule has 116 valence electrons. The van der Waals surface area contributed by atoms with E-state index in [-0.39, 0.29) is 24.6 Å². The number of rotatable bonds is 6. The molecule has 0 amide bonds. The highest BCUT2D eigenvalue weighted by Gasteiger charge is 2.24. The van der Waals surface area contributed by atoms with Gasteiger partial charge in [-0.15, -0.1) is 0 Å². The Morgan fingerprint density at radius 3 is 2.67 bits per heavy atom. The van der Waals surface area contributed by atoms with Crippen LogP contribution in [-0.4, -0.2) is 35.1 Å². The molecule has 0 aliphatic rings. The maximum absolute atomic E-state index is 12.4. The number of sulfonamides is 1. The lowest BCUT2D eigenvalue weighted by atomic mass is 10.4. The molecular formula is C12H18N4O4S. The van der Waals surface area contributed by atoms with Crippen molar-refractivity contribution in [1.29, 1.82) is 0 Å². The summed E-state index contributed by atoms with van der Waals surface area (Å²) >= 11 is 0. The van der Waals surface area contributed by atoms with E-state index >= 15 is 0 Å². The van der Waals surface area contributed by atoms with Crippen LogP contribution in [-0.2, 0) is 23.1 Å². The van der Waals surface area contributed by atoms with Gasteiger partial charge >= 0.3 is 0 Å². The molecule has 2 aromatic heterocycles. The second kappa shape index (κ2) is 5.96. The number of nitrogens with one attached hydrogen (secondary N) is 1. The average molecular weight is 314 g/mol. The molecule has 2 rings (SSSR count). The van der Waals surface area contributed by atoms with E-state index in [0.717, 1.165) is 0 Å². The molecular weight excluding hydrogens is 296 g/mol. The lowest BCUT2D eigenvalue weighted by molar-refractivity contribution is 0.267. The van der Waals surface area contributed by atoms with Gasteiger partial charge in [-0.25, -0.2) is 13.1 Å². The highest BCUT2D eigenvalue weighted by atomic mass is 32.2. The minimum atomic E-state index is -3.70. The molecule has 0 aliphatic carbocycles. The maximum Gasteiger partial charge on any atom is 0.244 e. The number of aliphatic hydroxyl groups is 1. The van der Waals surface area contributed by atoms with Crippen molar-refractivity contribution in [3.63, 3.8) is 0 Å². The first-order valence-corrected chi connectivity index (χ1v) is 7.90. The van der Waals surface area contributed by atoms with Crippen molar-refractivity contribution in [1.82, 2.24) is 19.7 Å². The van der Waals surface area contributed by atoms with Crippen LogP contribution in [0.3, 0.4) is 0 Å². The van der Waals surface area contributed by atoms with E-state index in [4.69, 9.17) is 9.63 Å². The standard InChI is InChI=1S/C12H18N4O4S/c1-8-6-11(15-20-8)7-13-21(18,19)12-9(2)14-16(4-5-17)10(12)3/h6,13,17H,4-5,7H2,1-3H3. The molecule has 2 N–H and O–H groups in total. The molecule has 2 aromatic rings. The normalized spacial score (nSPS) is 12.0. The van der Waals surface area contributed by atoms with Crippen LogP contribution in [0.2, 0.25) is 0 Å². The van der Waals surface area contributed by atoms with Crippen LogP contribution in [0.1, 0.15) is 22.8 Å². The van der Waals surface area contributed by atoms with Crippen molar-refractivity contribution in [2.24, 2.45) is 0 Å². The molecule has 0 aliphatic heterocycles. The van der Waals surface area contributed by atoms with Crippen LogP contribution >= 0.6 is 0 Å². The van der Waals surface area contributed by atoms with Gasteiger partial charge in [0.15, 0.2) is 0 Å².